The van der Waals surface area contributed by atoms with Gasteiger partial charge in [0.1, 0.15) is 17.6 Å². The molecule has 0 saturated carbocycles. The molecule has 110 valence electrons. The highest BCUT2D eigenvalue weighted by Gasteiger charge is 2.16. The van der Waals surface area contributed by atoms with Crippen LogP contribution in [0.4, 0.5) is 0 Å². The number of phenols is 1. The fourth-order valence-electron chi connectivity index (χ4n) is 2.37. The molecule has 0 aliphatic carbocycles. The van der Waals surface area contributed by atoms with Gasteiger partial charge >= 0.3 is 0 Å². The molecule has 2 aromatic carbocycles. The topological polar surface area (TPSA) is 46.5 Å². The van der Waals surface area contributed by atoms with Crippen LogP contribution in [0.5, 0.6) is 11.5 Å². The van der Waals surface area contributed by atoms with Crippen LogP contribution in [0.3, 0.4) is 0 Å². The van der Waals surface area contributed by atoms with Crippen molar-refractivity contribution < 1.29 is 14.6 Å². The fraction of sp³-hybridized carbons (Fsp3) is 0.105. The number of carbonyl (C=O) groups is 1. The van der Waals surface area contributed by atoms with Gasteiger partial charge in [-0.25, -0.2) is 0 Å². The van der Waals surface area contributed by atoms with E-state index in [1.54, 1.807) is 18.2 Å². The first-order valence-corrected chi connectivity index (χ1v) is 7.12. The summed E-state index contributed by atoms with van der Waals surface area (Å²) in [6, 6.07) is 14.1. The summed E-state index contributed by atoms with van der Waals surface area (Å²) in [6.45, 7) is 1.95. The summed E-state index contributed by atoms with van der Waals surface area (Å²) >= 11 is 0. The van der Waals surface area contributed by atoms with Crippen molar-refractivity contribution in [1.29, 1.82) is 0 Å². The van der Waals surface area contributed by atoms with Crippen LogP contribution >= 0.6 is 0 Å². The van der Waals surface area contributed by atoms with Crippen molar-refractivity contribution >= 4 is 11.9 Å². The quantitative estimate of drug-likeness (QED) is 0.687. The molecule has 0 unspecified atom stereocenters. The number of aromatic hydroxyl groups is 1. The lowest BCUT2D eigenvalue weighted by atomic mass is 10.0. The van der Waals surface area contributed by atoms with Crippen LogP contribution in [0.25, 0.3) is 6.08 Å². The van der Waals surface area contributed by atoms with Gasteiger partial charge in [-0.05, 0) is 42.8 Å². The zero-order valence-electron chi connectivity index (χ0n) is 12.2. The zero-order chi connectivity index (χ0) is 15.5. The second-order valence-electron chi connectivity index (χ2n) is 5.19. The molecule has 0 fully saturated rings. The molecule has 1 aliphatic rings. The van der Waals surface area contributed by atoms with Crippen LogP contribution in [0.2, 0.25) is 0 Å². The van der Waals surface area contributed by atoms with Gasteiger partial charge in [0.25, 0.3) is 0 Å². The number of phenolic OH excluding ortho intramolecular Hbond substituents is 1. The molecule has 3 heteroatoms. The molecule has 0 spiro atoms. The van der Waals surface area contributed by atoms with E-state index in [0.717, 1.165) is 16.9 Å². The van der Waals surface area contributed by atoms with E-state index in [4.69, 9.17) is 4.74 Å². The normalized spacial score (nSPS) is 16.8. The fourth-order valence-corrected chi connectivity index (χ4v) is 2.37. The number of ether oxygens (including phenoxy) is 1. The molecule has 3 nitrogen and oxygen atoms in total. The summed E-state index contributed by atoms with van der Waals surface area (Å²) in [6.07, 6.45) is 5.19. The number of fused-ring (bicyclic) bond motifs is 1. The largest absolute Gasteiger partial charge is 0.508 e. The van der Waals surface area contributed by atoms with Crippen LogP contribution in [0, 0.1) is 0 Å². The third-order valence-electron chi connectivity index (χ3n) is 3.57. The molecule has 3 rings (SSSR count). The Labute approximate surface area is 129 Å². The first-order chi connectivity index (χ1) is 10.6. The highest BCUT2D eigenvalue weighted by Crippen LogP contribution is 2.29. The Morgan fingerprint density at radius 3 is 2.82 bits per heavy atom. The van der Waals surface area contributed by atoms with Crippen molar-refractivity contribution in [2.45, 2.75) is 13.0 Å². The van der Waals surface area contributed by atoms with Gasteiger partial charge in [-0.3, -0.25) is 4.79 Å². The van der Waals surface area contributed by atoms with Gasteiger partial charge in [-0.1, -0.05) is 36.4 Å². The third-order valence-corrected chi connectivity index (χ3v) is 3.57. The van der Waals surface area contributed by atoms with E-state index in [-0.39, 0.29) is 17.6 Å². The maximum Gasteiger partial charge on any atom is 0.185 e. The average molecular weight is 292 g/mol. The molecular weight excluding hydrogens is 276 g/mol. The van der Waals surface area contributed by atoms with Gasteiger partial charge in [0.2, 0.25) is 0 Å². The minimum absolute atomic E-state index is 0.0850. The summed E-state index contributed by atoms with van der Waals surface area (Å²) in [5, 5.41) is 9.42. The predicted molar refractivity (Wildman–Crippen MR) is 86.1 cm³/mol. The Hall–Kier alpha value is -2.81. The van der Waals surface area contributed by atoms with E-state index < -0.39 is 0 Å². The van der Waals surface area contributed by atoms with Crippen molar-refractivity contribution in [1.82, 2.24) is 0 Å². The summed E-state index contributed by atoms with van der Waals surface area (Å²) in [5.74, 6) is 0.788. The van der Waals surface area contributed by atoms with Crippen molar-refractivity contribution in [3.8, 4) is 11.5 Å². The molecule has 1 N–H and O–H groups in total. The number of para-hydroxylation sites is 1. The summed E-state index contributed by atoms with van der Waals surface area (Å²) in [7, 11) is 0. The highest BCUT2D eigenvalue weighted by atomic mass is 16.5. The maximum atomic E-state index is 12.1. The first-order valence-electron chi connectivity index (χ1n) is 7.12. The molecule has 22 heavy (non-hydrogen) atoms. The van der Waals surface area contributed by atoms with Gasteiger partial charge in [0.15, 0.2) is 5.78 Å². The maximum absolute atomic E-state index is 12.1. The van der Waals surface area contributed by atoms with Crippen molar-refractivity contribution in [2.24, 2.45) is 0 Å². The van der Waals surface area contributed by atoms with E-state index in [2.05, 4.69) is 0 Å². The second kappa shape index (κ2) is 5.90. The number of ketones is 1. The lowest BCUT2D eigenvalue weighted by molar-refractivity contribution is 0.104. The molecule has 0 aromatic heterocycles. The Morgan fingerprint density at radius 2 is 2.00 bits per heavy atom. The molecule has 1 aliphatic heterocycles. The number of hydrogen-bond acceptors (Lipinski definition) is 3. The highest BCUT2D eigenvalue weighted by molar-refractivity contribution is 6.05. The molecular formula is C19H16O3. The molecule has 0 saturated heterocycles. The van der Waals surface area contributed by atoms with E-state index in [1.165, 1.54) is 18.2 Å². The van der Waals surface area contributed by atoms with Gasteiger partial charge < -0.3 is 9.84 Å². The Bertz CT molecular complexity index is 772. The smallest absolute Gasteiger partial charge is 0.185 e. The van der Waals surface area contributed by atoms with Crippen LogP contribution < -0.4 is 4.74 Å². The van der Waals surface area contributed by atoms with E-state index in [1.807, 2.05) is 37.3 Å². The molecule has 1 atom stereocenters. The number of benzene rings is 2. The first kappa shape index (κ1) is 14.1. The third kappa shape index (κ3) is 2.93. The molecule has 1 heterocycles. The van der Waals surface area contributed by atoms with Crippen molar-refractivity contribution in [3.05, 3.63) is 77.4 Å². The van der Waals surface area contributed by atoms with Crippen LogP contribution in [-0.4, -0.2) is 17.0 Å². The average Bonchev–Trinajstić information content (AvgIpc) is 2.52. The number of rotatable bonds is 3. The van der Waals surface area contributed by atoms with Gasteiger partial charge in [0, 0.05) is 11.1 Å². The van der Waals surface area contributed by atoms with E-state index >= 15 is 0 Å². The predicted octanol–water partition coefficient (Wildman–Crippen LogP) is 4.00. The van der Waals surface area contributed by atoms with Crippen molar-refractivity contribution in [3.63, 3.8) is 0 Å². The van der Waals surface area contributed by atoms with Crippen LogP contribution in [-0.2, 0) is 0 Å². The summed E-state index contributed by atoms with van der Waals surface area (Å²) in [4.78, 5) is 12.1. The lowest BCUT2D eigenvalue weighted by Gasteiger charge is -2.22. The zero-order valence-corrected chi connectivity index (χ0v) is 12.2. The number of carbonyl (C=O) groups excluding carboxylic acids is 1. The summed E-state index contributed by atoms with van der Waals surface area (Å²) in [5.41, 5.74) is 2.40. The second-order valence-corrected chi connectivity index (χ2v) is 5.19. The minimum Gasteiger partial charge on any atom is -0.508 e. The molecule has 0 radical (unpaired) electrons. The van der Waals surface area contributed by atoms with Crippen molar-refractivity contribution in [2.75, 3.05) is 0 Å². The number of hydrogen-bond donors (Lipinski definition) is 1. The Balaban J connectivity index is 1.83. The molecule has 0 amide bonds. The minimum atomic E-state index is -0.150. The van der Waals surface area contributed by atoms with Gasteiger partial charge in [-0.15, -0.1) is 0 Å². The number of allylic oxidation sites excluding steroid dienone is 1. The lowest BCUT2D eigenvalue weighted by Crippen LogP contribution is -2.17. The Kier molecular flexibility index (Phi) is 3.79. The van der Waals surface area contributed by atoms with E-state index in [0.29, 0.717) is 5.56 Å². The molecule has 2 aromatic rings. The van der Waals surface area contributed by atoms with Crippen LogP contribution in [0.1, 0.15) is 22.8 Å². The van der Waals surface area contributed by atoms with E-state index in [9.17, 15) is 9.90 Å². The standard InChI is InChI=1S/C19H16O3/c1-13-14(11-16-5-2-3-8-19(16)22-13)9-10-18(21)15-6-4-7-17(20)12-15/h2-13,20H,1H3/b10-9+/t13-/m0/s1. The SMILES string of the molecule is C[C@@H]1Oc2ccccc2C=C1/C=C/C(=O)c1cccc(O)c1. The molecule has 0 bridgehead atoms. The monoisotopic (exact) mass is 292 g/mol. The Morgan fingerprint density at radius 1 is 1.18 bits per heavy atom. The van der Waals surface area contributed by atoms with Gasteiger partial charge in [0.05, 0.1) is 0 Å². The van der Waals surface area contributed by atoms with Gasteiger partial charge in [-0.2, -0.15) is 0 Å². The van der Waals surface area contributed by atoms with Crippen LogP contribution in [0.15, 0.2) is 66.3 Å². The summed E-state index contributed by atoms with van der Waals surface area (Å²) < 4.78 is 5.83.